The Hall–Kier alpha value is -1.09. The molecule has 1 fully saturated rings. The van der Waals surface area contributed by atoms with E-state index >= 15 is 0 Å². The minimum atomic E-state index is 0.512. The van der Waals surface area contributed by atoms with Gasteiger partial charge in [0.15, 0.2) is 0 Å². The second-order valence-corrected chi connectivity index (χ2v) is 6.62. The minimum Gasteiger partial charge on any atom is -0.354 e. The van der Waals surface area contributed by atoms with Gasteiger partial charge in [-0.15, -0.1) is 0 Å². The highest BCUT2D eigenvalue weighted by molar-refractivity contribution is 5.43. The van der Waals surface area contributed by atoms with Crippen molar-refractivity contribution in [3.63, 3.8) is 0 Å². The number of piperidine rings is 1. The standard InChI is InChI=1S/C17H29N3/c1-12(2)18-11-16-6-7-17(19-15(16)5)20-9-8-13(3)10-14(20)4/h6-7,12-14,18H,8-11H2,1-5H3. The van der Waals surface area contributed by atoms with Crippen molar-refractivity contribution in [2.75, 3.05) is 11.4 Å². The molecule has 0 bridgehead atoms. The maximum atomic E-state index is 4.84. The molecule has 1 aliphatic rings. The van der Waals surface area contributed by atoms with E-state index in [1.807, 2.05) is 0 Å². The van der Waals surface area contributed by atoms with Gasteiger partial charge in [-0.3, -0.25) is 0 Å². The van der Waals surface area contributed by atoms with E-state index in [2.05, 4.69) is 57.0 Å². The van der Waals surface area contributed by atoms with E-state index in [1.54, 1.807) is 0 Å². The van der Waals surface area contributed by atoms with Crippen LogP contribution in [0.15, 0.2) is 12.1 Å². The average molecular weight is 275 g/mol. The molecule has 20 heavy (non-hydrogen) atoms. The maximum absolute atomic E-state index is 4.84. The number of nitrogens with zero attached hydrogens (tertiary/aromatic N) is 2. The summed E-state index contributed by atoms with van der Waals surface area (Å²) in [5, 5.41) is 3.46. The molecule has 2 rings (SSSR count). The van der Waals surface area contributed by atoms with Crippen LogP contribution in [0.4, 0.5) is 5.82 Å². The first-order chi connectivity index (χ1) is 9.47. The van der Waals surface area contributed by atoms with Crippen molar-refractivity contribution < 1.29 is 0 Å². The zero-order valence-corrected chi connectivity index (χ0v) is 13.6. The molecule has 3 heteroatoms. The summed E-state index contributed by atoms with van der Waals surface area (Å²) in [7, 11) is 0. The molecule has 0 aromatic carbocycles. The normalized spacial score (nSPS) is 23.4. The second-order valence-electron chi connectivity index (χ2n) is 6.62. The topological polar surface area (TPSA) is 28.2 Å². The molecule has 1 N–H and O–H groups in total. The van der Waals surface area contributed by atoms with Gasteiger partial charge < -0.3 is 10.2 Å². The highest BCUT2D eigenvalue weighted by Gasteiger charge is 2.23. The van der Waals surface area contributed by atoms with Crippen molar-refractivity contribution in [3.05, 3.63) is 23.4 Å². The summed E-state index contributed by atoms with van der Waals surface area (Å²) >= 11 is 0. The van der Waals surface area contributed by atoms with E-state index in [0.29, 0.717) is 12.1 Å². The van der Waals surface area contributed by atoms with Gasteiger partial charge in [0, 0.05) is 30.9 Å². The Morgan fingerprint density at radius 2 is 2.10 bits per heavy atom. The molecular formula is C17H29N3. The molecule has 0 radical (unpaired) electrons. The predicted octanol–water partition coefficient (Wildman–Crippen LogP) is 3.51. The van der Waals surface area contributed by atoms with E-state index in [-0.39, 0.29) is 0 Å². The first-order valence-electron chi connectivity index (χ1n) is 7.94. The van der Waals surface area contributed by atoms with Gasteiger partial charge in [-0.25, -0.2) is 4.98 Å². The highest BCUT2D eigenvalue weighted by Crippen LogP contribution is 2.27. The van der Waals surface area contributed by atoms with Crippen LogP contribution in [0.1, 0.15) is 51.8 Å². The summed E-state index contributed by atoms with van der Waals surface area (Å²) in [6.07, 6.45) is 2.55. The van der Waals surface area contributed by atoms with Gasteiger partial charge >= 0.3 is 0 Å². The number of anilines is 1. The number of nitrogens with one attached hydrogen (secondary N) is 1. The number of aromatic nitrogens is 1. The van der Waals surface area contributed by atoms with Crippen molar-refractivity contribution in [2.24, 2.45) is 5.92 Å². The smallest absolute Gasteiger partial charge is 0.129 e. The quantitative estimate of drug-likeness (QED) is 0.911. The number of pyridine rings is 1. The van der Waals surface area contributed by atoms with Crippen LogP contribution in [0, 0.1) is 12.8 Å². The lowest BCUT2D eigenvalue weighted by Gasteiger charge is -2.37. The fourth-order valence-corrected chi connectivity index (χ4v) is 2.99. The molecule has 1 saturated heterocycles. The lowest BCUT2D eigenvalue weighted by molar-refractivity contribution is 0.376. The molecule has 0 spiro atoms. The summed E-state index contributed by atoms with van der Waals surface area (Å²) in [5.74, 6) is 1.99. The molecule has 1 aromatic heterocycles. The van der Waals surface area contributed by atoms with Crippen molar-refractivity contribution in [1.82, 2.24) is 10.3 Å². The lowest BCUT2D eigenvalue weighted by atomic mass is 9.93. The van der Waals surface area contributed by atoms with Crippen molar-refractivity contribution in [2.45, 2.75) is 66.1 Å². The second kappa shape index (κ2) is 6.57. The van der Waals surface area contributed by atoms with Crippen molar-refractivity contribution in [3.8, 4) is 0 Å². The average Bonchev–Trinajstić information content (AvgIpc) is 2.37. The third-order valence-electron chi connectivity index (χ3n) is 4.31. The highest BCUT2D eigenvalue weighted by atomic mass is 15.2. The molecule has 112 valence electrons. The number of rotatable bonds is 4. The third kappa shape index (κ3) is 3.72. The predicted molar refractivity (Wildman–Crippen MR) is 86.2 cm³/mol. The minimum absolute atomic E-state index is 0.512. The van der Waals surface area contributed by atoms with Gasteiger partial charge in [-0.1, -0.05) is 26.8 Å². The summed E-state index contributed by atoms with van der Waals surface area (Å²) in [6.45, 7) is 13.2. The van der Waals surface area contributed by atoms with E-state index < -0.39 is 0 Å². The Morgan fingerprint density at radius 1 is 1.35 bits per heavy atom. The molecule has 2 heterocycles. The van der Waals surface area contributed by atoms with Gasteiger partial charge in [-0.2, -0.15) is 0 Å². The summed E-state index contributed by atoms with van der Waals surface area (Å²) in [5.41, 5.74) is 2.46. The van der Waals surface area contributed by atoms with Crippen LogP contribution in [0.5, 0.6) is 0 Å². The number of hydrogen-bond donors (Lipinski definition) is 1. The van der Waals surface area contributed by atoms with E-state index in [0.717, 1.165) is 30.5 Å². The van der Waals surface area contributed by atoms with Gasteiger partial charge in [0.1, 0.15) is 5.82 Å². The Balaban J connectivity index is 2.08. The molecular weight excluding hydrogens is 246 g/mol. The van der Waals surface area contributed by atoms with Crippen molar-refractivity contribution >= 4 is 5.82 Å². The van der Waals surface area contributed by atoms with Crippen LogP contribution in [0.2, 0.25) is 0 Å². The zero-order valence-electron chi connectivity index (χ0n) is 13.6. The largest absolute Gasteiger partial charge is 0.354 e. The molecule has 0 aliphatic carbocycles. The van der Waals surface area contributed by atoms with Crippen LogP contribution in [-0.4, -0.2) is 23.6 Å². The fourth-order valence-electron chi connectivity index (χ4n) is 2.99. The number of aryl methyl sites for hydroxylation is 1. The molecule has 1 aliphatic heterocycles. The van der Waals surface area contributed by atoms with E-state index in [1.165, 1.54) is 18.4 Å². The lowest BCUT2D eigenvalue weighted by Crippen LogP contribution is -2.40. The van der Waals surface area contributed by atoms with E-state index in [4.69, 9.17) is 4.98 Å². The van der Waals surface area contributed by atoms with Crippen LogP contribution < -0.4 is 10.2 Å². The van der Waals surface area contributed by atoms with Crippen LogP contribution in [-0.2, 0) is 6.54 Å². The van der Waals surface area contributed by atoms with Gasteiger partial charge in [0.2, 0.25) is 0 Å². The molecule has 2 atom stereocenters. The van der Waals surface area contributed by atoms with Crippen LogP contribution >= 0.6 is 0 Å². The monoisotopic (exact) mass is 275 g/mol. The molecule has 2 unspecified atom stereocenters. The van der Waals surface area contributed by atoms with Gasteiger partial charge in [-0.05, 0) is 44.2 Å². The van der Waals surface area contributed by atoms with Crippen LogP contribution in [0.3, 0.4) is 0 Å². The fraction of sp³-hybridized carbons (Fsp3) is 0.706. The van der Waals surface area contributed by atoms with Gasteiger partial charge in [0.25, 0.3) is 0 Å². The van der Waals surface area contributed by atoms with Crippen molar-refractivity contribution in [1.29, 1.82) is 0 Å². The first-order valence-corrected chi connectivity index (χ1v) is 7.94. The third-order valence-corrected chi connectivity index (χ3v) is 4.31. The SMILES string of the molecule is Cc1nc(N2CCC(C)CC2C)ccc1CNC(C)C. The zero-order chi connectivity index (χ0) is 14.7. The molecule has 3 nitrogen and oxygen atoms in total. The summed E-state index contributed by atoms with van der Waals surface area (Å²) < 4.78 is 0. The molecule has 1 aromatic rings. The van der Waals surface area contributed by atoms with Crippen LogP contribution in [0.25, 0.3) is 0 Å². The molecule has 0 saturated carbocycles. The Labute approximate surface area is 123 Å². The van der Waals surface area contributed by atoms with E-state index in [9.17, 15) is 0 Å². The molecule has 0 amide bonds. The number of hydrogen-bond acceptors (Lipinski definition) is 3. The summed E-state index contributed by atoms with van der Waals surface area (Å²) in [4.78, 5) is 7.30. The first kappa shape index (κ1) is 15.3. The van der Waals surface area contributed by atoms with Gasteiger partial charge in [0.05, 0.1) is 0 Å². The Morgan fingerprint density at radius 3 is 2.70 bits per heavy atom. The Kier molecular flexibility index (Phi) is 5.03. The Bertz CT molecular complexity index is 442. The maximum Gasteiger partial charge on any atom is 0.129 e. The summed E-state index contributed by atoms with van der Waals surface area (Å²) in [6, 6.07) is 5.54.